The summed E-state index contributed by atoms with van der Waals surface area (Å²) < 4.78 is 12.4. The number of hydrogen-bond acceptors (Lipinski definition) is 7. The number of ether oxygens (including phenoxy) is 2. The minimum absolute atomic E-state index is 0.238. The molecule has 3 aromatic rings. The first-order valence-electron chi connectivity index (χ1n) is 9.23. The first-order valence-corrected chi connectivity index (χ1v) is 10.0. The fourth-order valence-electron chi connectivity index (χ4n) is 3.11. The van der Waals surface area contributed by atoms with Crippen LogP contribution in [0.5, 0.6) is 5.88 Å². The molecule has 0 unspecified atom stereocenters. The third-order valence-corrected chi connectivity index (χ3v) is 5.67. The van der Waals surface area contributed by atoms with Crippen molar-refractivity contribution in [3.8, 4) is 5.88 Å². The number of nitrogens with zero attached hydrogens (tertiary/aromatic N) is 3. The molecule has 1 N–H and O–H groups in total. The Hall–Kier alpha value is -2.94. The fourth-order valence-corrected chi connectivity index (χ4v) is 4.18. The SMILES string of the molecule is CCOC(=O)c1c(NC(=O)COc2nn(C)c3nc(C)cc(C)c23)sc(C)c1C. The van der Waals surface area contributed by atoms with Crippen molar-refractivity contribution in [3.05, 3.63) is 33.3 Å². The lowest BCUT2D eigenvalue weighted by atomic mass is 10.1. The van der Waals surface area contributed by atoms with Crippen molar-refractivity contribution in [2.45, 2.75) is 34.6 Å². The van der Waals surface area contributed by atoms with Crippen molar-refractivity contribution in [1.29, 1.82) is 0 Å². The first-order chi connectivity index (χ1) is 13.7. The number of hydrogen-bond donors (Lipinski definition) is 1. The van der Waals surface area contributed by atoms with Crippen LogP contribution in [0.4, 0.5) is 5.00 Å². The lowest BCUT2D eigenvalue weighted by Crippen LogP contribution is -2.21. The molecule has 0 atom stereocenters. The summed E-state index contributed by atoms with van der Waals surface area (Å²) in [5.41, 5.74) is 3.76. The Bertz CT molecular complexity index is 1100. The summed E-state index contributed by atoms with van der Waals surface area (Å²) in [6.07, 6.45) is 0. The summed E-state index contributed by atoms with van der Waals surface area (Å²) >= 11 is 1.34. The molecular formula is C20H24N4O4S. The van der Waals surface area contributed by atoms with Gasteiger partial charge in [0.05, 0.1) is 17.6 Å². The lowest BCUT2D eigenvalue weighted by Gasteiger charge is -2.08. The van der Waals surface area contributed by atoms with E-state index in [2.05, 4.69) is 15.4 Å². The van der Waals surface area contributed by atoms with Crippen LogP contribution in [0.25, 0.3) is 11.0 Å². The van der Waals surface area contributed by atoms with E-state index in [1.807, 2.05) is 33.8 Å². The number of rotatable bonds is 6. The van der Waals surface area contributed by atoms with Gasteiger partial charge < -0.3 is 14.8 Å². The van der Waals surface area contributed by atoms with E-state index in [9.17, 15) is 9.59 Å². The molecule has 0 saturated heterocycles. The Balaban J connectivity index is 1.77. The molecule has 0 fully saturated rings. The molecule has 0 saturated carbocycles. The highest BCUT2D eigenvalue weighted by Gasteiger charge is 2.22. The number of carbonyl (C=O) groups excluding carboxylic acids is 2. The van der Waals surface area contributed by atoms with Gasteiger partial charge in [-0.15, -0.1) is 16.4 Å². The maximum absolute atomic E-state index is 12.5. The maximum Gasteiger partial charge on any atom is 0.341 e. The monoisotopic (exact) mass is 416 g/mol. The molecule has 0 aliphatic carbocycles. The van der Waals surface area contributed by atoms with Crippen LogP contribution in [0.3, 0.4) is 0 Å². The number of thiophene rings is 1. The number of carbonyl (C=O) groups is 2. The lowest BCUT2D eigenvalue weighted by molar-refractivity contribution is -0.118. The van der Waals surface area contributed by atoms with Crippen LogP contribution in [-0.4, -0.2) is 39.9 Å². The third-order valence-electron chi connectivity index (χ3n) is 4.54. The summed E-state index contributed by atoms with van der Waals surface area (Å²) in [4.78, 5) is 30.2. The smallest absolute Gasteiger partial charge is 0.341 e. The first kappa shape index (κ1) is 20.8. The van der Waals surface area contributed by atoms with Crippen LogP contribution < -0.4 is 10.1 Å². The Morgan fingerprint density at radius 3 is 2.66 bits per heavy atom. The molecule has 3 aromatic heterocycles. The molecular weight excluding hydrogens is 392 g/mol. The molecule has 0 aliphatic rings. The van der Waals surface area contributed by atoms with E-state index < -0.39 is 5.97 Å². The van der Waals surface area contributed by atoms with Gasteiger partial charge in [0.15, 0.2) is 12.3 Å². The molecule has 0 aliphatic heterocycles. The fraction of sp³-hybridized carbons (Fsp3) is 0.400. The van der Waals surface area contributed by atoms with Crippen molar-refractivity contribution in [2.75, 3.05) is 18.5 Å². The topological polar surface area (TPSA) is 95.3 Å². The van der Waals surface area contributed by atoms with Crippen molar-refractivity contribution >= 4 is 39.2 Å². The predicted octanol–water partition coefficient (Wildman–Crippen LogP) is 3.46. The normalized spacial score (nSPS) is 11.0. The number of aryl methyl sites for hydroxylation is 4. The largest absolute Gasteiger partial charge is 0.466 e. The molecule has 0 radical (unpaired) electrons. The Morgan fingerprint density at radius 2 is 1.97 bits per heavy atom. The average molecular weight is 417 g/mol. The van der Waals surface area contributed by atoms with E-state index in [0.717, 1.165) is 27.1 Å². The molecule has 9 heteroatoms. The van der Waals surface area contributed by atoms with Gasteiger partial charge in [-0.3, -0.25) is 4.79 Å². The molecule has 0 spiro atoms. The van der Waals surface area contributed by atoms with Gasteiger partial charge in [0.1, 0.15) is 5.00 Å². The number of esters is 1. The van der Waals surface area contributed by atoms with Gasteiger partial charge >= 0.3 is 5.97 Å². The second-order valence-corrected chi connectivity index (χ2v) is 7.98. The summed E-state index contributed by atoms with van der Waals surface area (Å²) in [5, 5.41) is 8.35. The molecule has 0 bridgehead atoms. The van der Waals surface area contributed by atoms with E-state index in [4.69, 9.17) is 9.47 Å². The van der Waals surface area contributed by atoms with Gasteiger partial charge in [0.2, 0.25) is 5.88 Å². The molecule has 1 amide bonds. The minimum Gasteiger partial charge on any atom is -0.466 e. The molecule has 8 nitrogen and oxygen atoms in total. The van der Waals surface area contributed by atoms with Gasteiger partial charge in [0.25, 0.3) is 5.91 Å². The van der Waals surface area contributed by atoms with Crippen LogP contribution in [0.2, 0.25) is 0 Å². The van der Waals surface area contributed by atoms with Crippen LogP contribution in [0.1, 0.15) is 39.0 Å². The Morgan fingerprint density at radius 1 is 1.24 bits per heavy atom. The zero-order chi connectivity index (χ0) is 21.3. The molecule has 29 heavy (non-hydrogen) atoms. The van der Waals surface area contributed by atoms with Crippen LogP contribution in [0.15, 0.2) is 6.07 Å². The van der Waals surface area contributed by atoms with E-state index in [-0.39, 0.29) is 19.1 Å². The van der Waals surface area contributed by atoms with Crippen molar-refractivity contribution < 1.29 is 19.1 Å². The van der Waals surface area contributed by atoms with Crippen LogP contribution in [0, 0.1) is 27.7 Å². The van der Waals surface area contributed by atoms with Crippen LogP contribution in [-0.2, 0) is 16.6 Å². The highest BCUT2D eigenvalue weighted by atomic mass is 32.1. The maximum atomic E-state index is 12.5. The zero-order valence-electron chi connectivity index (χ0n) is 17.4. The quantitative estimate of drug-likeness (QED) is 0.619. The predicted molar refractivity (Wildman–Crippen MR) is 112 cm³/mol. The Kier molecular flexibility index (Phi) is 5.88. The van der Waals surface area contributed by atoms with E-state index in [1.165, 1.54) is 11.3 Å². The highest BCUT2D eigenvalue weighted by Crippen LogP contribution is 2.33. The van der Waals surface area contributed by atoms with E-state index in [1.54, 1.807) is 18.7 Å². The summed E-state index contributed by atoms with van der Waals surface area (Å²) in [5.74, 6) is -0.474. The molecule has 0 aromatic carbocycles. The van der Waals surface area contributed by atoms with Crippen LogP contribution >= 0.6 is 11.3 Å². The molecule has 154 valence electrons. The number of aromatic nitrogens is 3. The average Bonchev–Trinajstić information content (AvgIpc) is 3.10. The van der Waals surface area contributed by atoms with Gasteiger partial charge in [-0.05, 0) is 51.8 Å². The summed E-state index contributed by atoms with van der Waals surface area (Å²) in [6, 6.07) is 1.94. The summed E-state index contributed by atoms with van der Waals surface area (Å²) in [7, 11) is 1.78. The number of anilines is 1. The molecule has 3 rings (SSSR count). The number of amides is 1. The van der Waals surface area contributed by atoms with Crippen molar-refractivity contribution in [2.24, 2.45) is 7.05 Å². The third kappa shape index (κ3) is 4.09. The second kappa shape index (κ2) is 8.20. The van der Waals surface area contributed by atoms with Gasteiger partial charge in [-0.25, -0.2) is 14.5 Å². The van der Waals surface area contributed by atoms with E-state index >= 15 is 0 Å². The highest BCUT2D eigenvalue weighted by molar-refractivity contribution is 7.16. The van der Waals surface area contributed by atoms with Gasteiger partial charge in [0, 0.05) is 17.6 Å². The number of pyridine rings is 1. The zero-order valence-corrected chi connectivity index (χ0v) is 18.2. The Labute approximate surface area is 172 Å². The molecule has 3 heterocycles. The standard InChI is InChI=1S/C20H24N4O4S/c1-7-27-20(26)16-12(4)13(5)29-19(16)22-14(25)9-28-18-15-10(2)8-11(3)21-17(15)24(6)23-18/h8H,7,9H2,1-6H3,(H,22,25). The van der Waals surface area contributed by atoms with Crippen molar-refractivity contribution in [3.63, 3.8) is 0 Å². The van der Waals surface area contributed by atoms with Gasteiger partial charge in [-0.1, -0.05) is 0 Å². The van der Waals surface area contributed by atoms with Crippen molar-refractivity contribution in [1.82, 2.24) is 14.8 Å². The number of nitrogens with one attached hydrogen (secondary N) is 1. The number of fused-ring (bicyclic) bond motifs is 1. The summed E-state index contributed by atoms with van der Waals surface area (Å²) in [6.45, 7) is 9.37. The van der Waals surface area contributed by atoms with E-state index in [0.29, 0.717) is 22.1 Å². The van der Waals surface area contributed by atoms with Gasteiger partial charge in [-0.2, -0.15) is 0 Å². The minimum atomic E-state index is -0.446. The second-order valence-electron chi connectivity index (χ2n) is 6.75.